The number of hydrogen-bond donors (Lipinski definition) is 1. The molecule has 1 N–H and O–H groups in total. The SMILES string of the molecule is CC(C)(O)c1cn(C[C@H]2CCCN(C(=O)c3ccc4c(c3)OCO4)C2)nn1. The first kappa shape index (κ1) is 17.8. The van der Waals surface area contributed by atoms with Gasteiger partial charge in [-0.2, -0.15) is 0 Å². The van der Waals surface area contributed by atoms with Crippen molar-refractivity contribution in [1.82, 2.24) is 19.9 Å². The molecule has 0 unspecified atom stereocenters. The van der Waals surface area contributed by atoms with Gasteiger partial charge in [0.05, 0.1) is 6.20 Å². The predicted octanol–water partition coefficient (Wildman–Crippen LogP) is 1.79. The summed E-state index contributed by atoms with van der Waals surface area (Å²) in [5.41, 5.74) is 0.156. The van der Waals surface area contributed by atoms with Crippen LogP contribution in [0.2, 0.25) is 0 Å². The Morgan fingerprint density at radius 1 is 1.33 bits per heavy atom. The number of fused-ring (bicyclic) bond motifs is 1. The third kappa shape index (κ3) is 3.75. The fourth-order valence-corrected chi connectivity index (χ4v) is 3.54. The zero-order valence-electron chi connectivity index (χ0n) is 15.6. The van der Waals surface area contributed by atoms with Gasteiger partial charge in [-0.3, -0.25) is 9.48 Å². The molecular weight excluding hydrogens is 348 g/mol. The number of aromatic nitrogens is 3. The van der Waals surface area contributed by atoms with E-state index in [0.29, 0.717) is 41.8 Å². The molecule has 2 aliphatic rings. The Morgan fingerprint density at radius 3 is 2.93 bits per heavy atom. The van der Waals surface area contributed by atoms with E-state index in [1.54, 1.807) is 42.9 Å². The summed E-state index contributed by atoms with van der Waals surface area (Å²) >= 11 is 0. The lowest BCUT2D eigenvalue weighted by molar-refractivity contribution is 0.0659. The molecule has 1 aromatic heterocycles. The first-order valence-electron chi connectivity index (χ1n) is 9.22. The predicted molar refractivity (Wildman–Crippen MR) is 96.5 cm³/mol. The molecule has 1 amide bonds. The summed E-state index contributed by atoms with van der Waals surface area (Å²) in [6.07, 6.45) is 3.76. The number of benzene rings is 1. The van der Waals surface area contributed by atoms with Crippen LogP contribution < -0.4 is 9.47 Å². The quantitative estimate of drug-likeness (QED) is 0.880. The molecule has 1 saturated heterocycles. The van der Waals surface area contributed by atoms with E-state index in [4.69, 9.17) is 9.47 Å². The van der Waals surface area contributed by atoms with E-state index in [1.165, 1.54) is 0 Å². The maximum Gasteiger partial charge on any atom is 0.254 e. The summed E-state index contributed by atoms with van der Waals surface area (Å²) in [4.78, 5) is 14.8. The number of aliphatic hydroxyl groups is 1. The average molecular weight is 372 g/mol. The van der Waals surface area contributed by atoms with Gasteiger partial charge in [0.15, 0.2) is 11.5 Å². The molecule has 27 heavy (non-hydrogen) atoms. The maximum atomic E-state index is 12.9. The monoisotopic (exact) mass is 372 g/mol. The van der Waals surface area contributed by atoms with Crippen LogP contribution in [0.25, 0.3) is 0 Å². The minimum absolute atomic E-state index is 0.00812. The summed E-state index contributed by atoms with van der Waals surface area (Å²) in [6, 6.07) is 5.32. The number of hydrogen-bond acceptors (Lipinski definition) is 6. The third-order valence-corrected chi connectivity index (χ3v) is 5.04. The molecule has 2 aliphatic heterocycles. The second-order valence-corrected chi connectivity index (χ2v) is 7.71. The molecule has 0 spiro atoms. The molecular formula is C19H24N4O4. The van der Waals surface area contributed by atoms with E-state index in [2.05, 4.69) is 10.3 Å². The Balaban J connectivity index is 1.42. The number of amides is 1. The van der Waals surface area contributed by atoms with Crippen molar-refractivity contribution in [2.75, 3.05) is 19.9 Å². The van der Waals surface area contributed by atoms with Gasteiger partial charge in [-0.15, -0.1) is 5.10 Å². The molecule has 8 heteroatoms. The molecule has 0 aliphatic carbocycles. The molecule has 144 valence electrons. The van der Waals surface area contributed by atoms with Crippen molar-refractivity contribution in [3.63, 3.8) is 0 Å². The van der Waals surface area contributed by atoms with Gasteiger partial charge >= 0.3 is 0 Å². The van der Waals surface area contributed by atoms with Crippen molar-refractivity contribution in [1.29, 1.82) is 0 Å². The van der Waals surface area contributed by atoms with E-state index in [-0.39, 0.29) is 12.7 Å². The summed E-state index contributed by atoms with van der Waals surface area (Å²) in [7, 11) is 0. The second-order valence-electron chi connectivity index (χ2n) is 7.71. The zero-order chi connectivity index (χ0) is 19.0. The highest BCUT2D eigenvalue weighted by Crippen LogP contribution is 2.33. The lowest BCUT2D eigenvalue weighted by Crippen LogP contribution is -2.41. The Hall–Kier alpha value is -2.61. The van der Waals surface area contributed by atoms with Gasteiger partial charge in [0, 0.05) is 25.2 Å². The Morgan fingerprint density at radius 2 is 2.15 bits per heavy atom. The molecule has 1 atom stereocenters. The first-order valence-corrected chi connectivity index (χ1v) is 9.22. The topological polar surface area (TPSA) is 89.7 Å². The highest BCUT2D eigenvalue weighted by atomic mass is 16.7. The summed E-state index contributed by atoms with van der Waals surface area (Å²) in [6.45, 7) is 5.67. The number of ether oxygens (including phenoxy) is 2. The van der Waals surface area contributed by atoms with Gasteiger partial charge in [-0.25, -0.2) is 0 Å². The van der Waals surface area contributed by atoms with Crippen LogP contribution >= 0.6 is 0 Å². The number of likely N-dealkylation sites (tertiary alicyclic amines) is 1. The number of nitrogens with zero attached hydrogens (tertiary/aromatic N) is 4. The molecule has 0 bridgehead atoms. The van der Waals surface area contributed by atoms with E-state index < -0.39 is 5.60 Å². The summed E-state index contributed by atoms with van der Waals surface area (Å²) in [5, 5.41) is 18.2. The lowest BCUT2D eigenvalue weighted by Gasteiger charge is -2.32. The van der Waals surface area contributed by atoms with Crippen LogP contribution in [-0.2, 0) is 12.1 Å². The van der Waals surface area contributed by atoms with E-state index in [0.717, 1.165) is 19.4 Å². The Labute approximate surface area is 157 Å². The molecule has 3 heterocycles. The van der Waals surface area contributed by atoms with Gasteiger partial charge in [-0.05, 0) is 50.8 Å². The van der Waals surface area contributed by atoms with Crippen LogP contribution in [0.1, 0.15) is 42.7 Å². The largest absolute Gasteiger partial charge is 0.454 e. The molecule has 1 aromatic carbocycles. The minimum atomic E-state index is -1.01. The Kier molecular flexibility index (Phi) is 4.51. The second kappa shape index (κ2) is 6.84. The van der Waals surface area contributed by atoms with Crippen LogP contribution in [0.15, 0.2) is 24.4 Å². The molecule has 4 rings (SSSR count). The van der Waals surface area contributed by atoms with Crippen LogP contribution in [0.4, 0.5) is 0 Å². The van der Waals surface area contributed by atoms with Crippen molar-refractivity contribution in [2.24, 2.45) is 5.92 Å². The molecule has 0 radical (unpaired) electrons. The van der Waals surface area contributed by atoms with Crippen LogP contribution in [0, 0.1) is 5.92 Å². The first-order chi connectivity index (χ1) is 12.9. The van der Waals surface area contributed by atoms with Crippen molar-refractivity contribution in [2.45, 2.75) is 38.8 Å². The standard InChI is InChI=1S/C19H24N4O4/c1-19(2,25)17-11-23(21-20-17)10-13-4-3-7-22(9-13)18(24)14-5-6-15-16(8-14)27-12-26-15/h5-6,8,11,13,25H,3-4,7,9-10,12H2,1-2H3/t13-/m0/s1. The fraction of sp³-hybridized carbons (Fsp3) is 0.526. The molecule has 2 aromatic rings. The molecule has 1 fully saturated rings. The van der Waals surface area contributed by atoms with Gasteiger partial charge in [-0.1, -0.05) is 5.21 Å². The van der Waals surface area contributed by atoms with Crippen LogP contribution in [0.5, 0.6) is 11.5 Å². The van der Waals surface area contributed by atoms with Crippen LogP contribution in [0.3, 0.4) is 0 Å². The van der Waals surface area contributed by atoms with E-state index in [1.807, 2.05) is 4.90 Å². The third-order valence-electron chi connectivity index (χ3n) is 5.04. The number of carbonyl (C=O) groups excluding carboxylic acids is 1. The van der Waals surface area contributed by atoms with Crippen molar-refractivity contribution in [3.8, 4) is 11.5 Å². The normalized spacial score (nSPS) is 19.4. The minimum Gasteiger partial charge on any atom is -0.454 e. The van der Waals surface area contributed by atoms with Crippen LogP contribution in [-0.4, -0.2) is 50.8 Å². The van der Waals surface area contributed by atoms with Gasteiger partial charge in [0.25, 0.3) is 5.91 Å². The smallest absolute Gasteiger partial charge is 0.254 e. The lowest BCUT2D eigenvalue weighted by atomic mass is 9.97. The van der Waals surface area contributed by atoms with Gasteiger partial charge < -0.3 is 19.5 Å². The maximum absolute atomic E-state index is 12.9. The fourth-order valence-electron chi connectivity index (χ4n) is 3.54. The highest BCUT2D eigenvalue weighted by molar-refractivity contribution is 5.95. The molecule has 0 saturated carbocycles. The van der Waals surface area contributed by atoms with E-state index >= 15 is 0 Å². The average Bonchev–Trinajstić information content (AvgIpc) is 3.29. The molecule has 8 nitrogen and oxygen atoms in total. The highest BCUT2D eigenvalue weighted by Gasteiger charge is 2.27. The zero-order valence-corrected chi connectivity index (χ0v) is 15.6. The Bertz CT molecular complexity index is 842. The summed E-state index contributed by atoms with van der Waals surface area (Å²) in [5.74, 6) is 1.61. The van der Waals surface area contributed by atoms with Gasteiger partial charge in [0.1, 0.15) is 11.3 Å². The van der Waals surface area contributed by atoms with Crippen molar-refractivity contribution in [3.05, 3.63) is 35.7 Å². The van der Waals surface area contributed by atoms with Crippen molar-refractivity contribution >= 4 is 5.91 Å². The summed E-state index contributed by atoms with van der Waals surface area (Å²) < 4.78 is 12.4. The number of piperidine rings is 1. The number of carbonyl (C=O) groups is 1. The van der Waals surface area contributed by atoms with Gasteiger partial charge in [0.2, 0.25) is 6.79 Å². The number of rotatable bonds is 4. The van der Waals surface area contributed by atoms with Crippen molar-refractivity contribution < 1.29 is 19.4 Å². The van der Waals surface area contributed by atoms with E-state index in [9.17, 15) is 9.90 Å².